The summed E-state index contributed by atoms with van der Waals surface area (Å²) in [5.41, 5.74) is 1.25. The van der Waals surface area contributed by atoms with Crippen LogP contribution < -0.4 is 4.90 Å². The highest BCUT2D eigenvalue weighted by molar-refractivity contribution is 6.52. The van der Waals surface area contributed by atoms with Gasteiger partial charge in [-0.2, -0.15) is 0 Å². The molecule has 0 N–H and O–H groups in total. The summed E-state index contributed by atoms with van der Waals surface area (Å²) in [6.07, 6.45) is 2.21. The second-order valence-corrected chi connectivity index (χ2v) is 4.65. The van der Waals surface area contributed by atoms with Crippen molar-refractivity contribution in [1.82, 2.24) is 4.90 Å². The number of hydrogen-bond donors (Lipinski definition) is 0. The van der Waals surface area contributed by atoms with Crippen LogP contribution in [0.15, 0.2) is 24.3 Å². The number of nitrogens with zero attached hydrogens (tertiary/aromatic N) is 2. The lowest BCUT2D eigenvalue weighted by molar-refractivity contribution is -0.114. The quantitative estimate of drug-likeness (QED) is 0.745. The van der Waals surface area contributed by atoms with E-state index in [1.165, 1.54) is 0 Å². The standard InChI is InChI=1S/C14H18N2O2/c1-3-4-9-15(2)10-16-12-8-6-5-7-11(12)13(17)14(16)18/h5-8H,3-4,9-10H2,1-2H3. The molecule has 0 unspecified atom stereocenters. The molecule has 0 spiro atoms. The summed E-state index contributed by atoms with van der Waals surface area (Å²) >= 11 is 0. The molecule has 1 aliphatic rings. The van der Waals surface area contributed by atoms with Crippen molar-refractivity contribution in [1.29, 1.82) is 0 Å². The second kappa shape index (κ2) is 5.31. The average Bonchev–Trinajstić information content (AvgIpc) is 2.62. The van der Waals surface area contributed by atoms with Crippen LogP contribution >= 0.6 is 0 Å². The molecule has 0 bridgehead atoms. The number of anilines is 1. The SMILES string of the molecule is CCCCN(C)CN1C(=O)C(=O)c2ccccc21. The van der Waals surface area contributed by atoms with Crippen LogP contribution in [0.5, 0.6) is 0 Å². The number of carbonyl (C=O) groups is 2. The molecule has 0 aromatic heterocycles. The number of fused-ring (bicyclic) bond motifs is 1. The van der Waals surface area contributed by atoms with Gasteiger partial charge in [-0.1, -0.05) is 25.5 Å². The lowest BCUT2D eigenvalue weighted by Gasteiger charge is -2.24. The Morgan fingerprint density at radius 3 is 2.67 bits per heavy atom. The summed E-state index contributed by atoms with van der Waals surface area (Å²) in [7, 11) is 1.97. The predicted octanol–water partition coefficient (Wildman–Crippen LogP) is 1.91. The number of ketones is 1. The van der Waals surface area contributed by atoms with Gasteiger partial charge in [-0.3, -0.25) is 19.4 Å². The Kier molecular flexibility index (Phi) is 3.77. The smallest absolute Gasteiger partial charge is 0.291 e. The Labute approximate surface area is 107 Å². The Bertz CT molecular complexity index is 471. The fourth-order valence-corrected chi connectivity index (χ4v) is 2.13. The van der Waals surface area contributed by atoms with Crippen LogP contribution in [0.2, 0.25) is 0 Å². The first-order valence-electron chi connectivity index (χ1n) is 6.29. The van der Waals surface area contributed by atoms with Crippen molar-refractivity contribution in [3.05, 3.63) is 29.8 Å². The average molecular weight is 246 g/mol. The lowest BCUT2D eigenvalue weighted by atomic mass is 10.1. The number of carbonyl (C=O) groups excluding carboxylic acids is 2. The van der Waals surface area contributed by atoms with Gasteiger partial charge in [0.15, 0.2) is 0 Å². The minimum atomic E-state index is -0.417. The number of Topliss-reactive ketones (excluding diaryl/α,β-unsaturated/α-hetero) is 1. The fourth-order valence-electron chi connectivity index (χ4n) is 2.13. The lowest BCUT2D eigenvalue weighted by Crippen LogP contribution is -2.39. The predicted molar refractivity (Wildman–Crippen MR) is 70.7 cm³/mol. The molecule has 4 heteroatoms. The van der Waals surface area contributed by atoms with Crippen LogP contribution in [0, 0.1) is 0 Å². The van der Waals surface area contributed by atoms with Crippen LogP contribution in [0.4, 0.5) is 5.69 Å². The fraction of sp³-hybridized carbons (Fsp3) is 0.429. The molecule has 96 valence electrons. The molecule has 1 aromatic rings. The van der Waals surface area contributed by atoms with E-state index < -0.39 is 11.7 Å². The molecule has 0 aliphatic carbocycles. The molecular formula is C14H18N2O2. The number of para-hydroxylation sites is 1. The van der Waals surface area contributed by atoms with Crippen molar-refractivity contribution in [2.45, 2.75) is 19.8 Å². The highest BCUT2D eigenvalue weighted by Gasteiger charge is 2.35. The van der Waals surface area contributed by atoms with Gasteiger partial charge >= 0.3 is 5.91 Å². The van der Waals surface area contributed by atoms with Crippen LogP contribution in [-0.2, 0) is 4.79 Å². The van der Waals surface area contributed by atoms with Gasteiger partial charge in [0.2, 0.25) is 0 Å². The van der Waals surface area contributed by atoms with E-state index in [2.05, 4.69) is 11.8 Å². The zero-order valence-corrected chi connectivity index (χ0v) is 10.8. The highest BCUT2D eigenvalue weighted by atomic mass is 16.2. The van der Waals surface area contributed by atoms with Crippen LogP contribution in [0.1, 0.15) is 30.1 Å². The van der Waals surface area contributed by atoms with Crippen molar-refractivity contribution >= 4 is 17.4 Å². The third-order valence-corrected chi connectivity index (χ3v) is 3.16. The first kappa shape index (κ1) is 12.8. The van der Waals surface area contributed by atoms with Gasteiger partial charge < -0.3 is 0 Å². The molecule has 1 amide bonds. The Hall–Kier alpha value is -1.68. The van der Waals surface area contributed by atoms with E-state index in [1.807, 2.05) is 19.2 Å². The van der Waals surface area contributed by atoms with E-state index in [0.717, 1.165) is 25.1 Å². The summed E-state index contributed by atoms with van der Waals surface area (Å²) in [6, 6.07) is 7.17. The van der Waals surface area contributed by atoms with Crippen molar-refractivity contribution in [3.8, 4) is 0 Å². The first-order chi connectivity index (χ1) is 8.65. The summed E-state index contributed by atoms with van der Waals surface area (Å²) in [6.45, 7) is 3.53. The molecule has 4 nitrogen and oxygen atoms in total. The first-order valence-corrected chi connectivity index (χ1v) is 6.29. The summed E-state index contributed by atoms with van der Waals surface area (Å²) < 4.78 is 0. The summed E-state index contributed by atoms with van der Waals surface area (Å²) in [5, 5.41) is 0. The Morgan fingerprint density at radius 2 is 1.94 bits per heavy atom. The van der Waals surface area contributed by atoms with Gasteiger partial charge in [0.1, 0.15) is 0 Å². The van der Waals surface area contributed by atoms with E-state index in [9.17, 15) is 9.59 Å². The molecule has 1 aromatic carbocycles. The molecule has 2 rings (SSSR count). The van der Waals surface area contributed by atoms with E-state index in [1.54, 1.807) is 17.0 Å². The molecule has 0 fully saturated rings. The molecular weight excluding hydrogens is 228 g/mol. The third-order valence-electron chi connectivity index (χ3n) is 3.16. The van der Waals surface area contributed by atoms with Gasteiger partial charge in [0.25, 0.3) is 5.78 Å². The molecule has 0 saturated heterocycles. The Balaban J connectivity index is 2.14. The number of rotatable bonds is 5. The van der Waals surface area contributed by atoms with E-state index >= 15 is 0 Å². The molecule has 0 radical (unpaired) electrons. The summed E-state index contributed by atoms with van der Waals surface area (Å²) in [4.78, 5) is 27.3. The summed E-state index contributed by atoms with van der Waals surface area (Å²) in [5.74, 6) is -0.811. The molecule has 0 saturated carbocycles. The van der Waals surface area contributed by atoms with Gasteiger partial charge in [-0.05, 0) is 32.1 Å². The maximum Gasteiger partial charge on any atom is 0.300 e. The van der Waals surface area contributed by atoms with Gasteiger partial charge in [0.05, 0.1) is 17.9 Å². The van der Waals surface area contributed by atoms with E-state index in [4.69, 9.17) is 0 Å². The van der Waals surface area contributed by atoms with Gasteiger partial charge in [-0.25, -0.2) is 0 Å². The van der Waals surface area contributed by atoms with Crippen molar-refractivity contribution < 1.29 is 9.59 Å². The maximum absolute atomic E-state index is 11.9. The molecule has 1 heterocycles. The maximum atomic E-state index is 11.9. The second-order valence-electron chi connectivity index (χ2n) is 4.65. The minimum Gasteiger partial charge on any atom is -0.291 e. The number of benzene rings is 1. The molecule has 0 atom stereocenters. The number of hydrogen-bond acceptors (Lipinski definition) is 3. The van der Waals surface area contributed by atoms with Crippen LogP contribution in [0.3, 0.4) is 0 Å². The monoisotopic (exact) mass is 246 g/mol. The molecule has 18 heavy (non-hydrogen) atoms. The zero-order chi connectivity index (χ0) is 13.1. The number of amides is 1. The van der Waals surface area contributed by atoms with Crippen molar-refractivity contribution in [3.63, 3.8) is 0 Å². The third kappa shape index (κ3) is 2.29. The van der Waals surface area contributed by atoms with E-state index in [-0.39, 0.29) is 0 Å². The number of unbranched alkanes of at least 4 members (excludes halogenated alkanes) is 1. The topological polar surface area (TPSA) is 40.6 Å². The van der Waals surface area contributed by atoms with Crippen LogP contribution in [0.25, 0.3) is 0 Å². The Morgan fingerprint density at radius 1 is 1.22 bits per heavy atom. The largest absolute Gasteiger partial charge is 0.300 e. The van der Waals surface area contributed by atoms with Gasteiger partial charge in [0, 0.05) is 0 Å². The van der Waals surface area contributed by atoms with Crippen molar-refractivity contribution in [2.24, 2.45) is 0 Å². The normalized spacial score (nSPS) is 14.5. The van der Waals surface area contributed by atoms with Gasteiger partial charge in [-0.15, -0.1) is 0 Å². The van der Waals surface area contributed by atoms with Crippen LogP contribution in [-0.4, -0.2) is 36.9 Å². The minimum absolute atomic E-state index is 0.394. The zero-order valence-electron chi connectivity index (χ0n) is 10.8. The van der Waals surface area contributed by atoms with E-state index in [0.29, 0.717) is 12.2 Å². The highest BCUT2D eigenvalue weighted by Crippen LogP contribution is 2.28. The van der Waals surface area contributed by atoms with Crippen molar-refractivity contribution in [2.75, 3.05) is 25.2 Å². The molecule has 1 aliphatic heterocycles.